The molecule has 0 aliphatic heterocycles. The van der Waals surface area contributed by atoms with Crippen molar-refractivity contribution in [3.8, 4) is 0 Å². The van der Waals surface area contributed by atoms with E-state index in [9.17, 15) is 9.90 Å². The Bertz CT molecular complexity index is 330. The molecule has 0 fully saturated rings. The molecule has 0 bridgehead atoms. The number of carboxylic acid groups (broad SMARTS) is 1. The Hall–Kier alpha value is -1.39. The van der Waals surface area contributed by atoms with Gasteiger partial charge >= 0.3 is 5.97 Å². The van der Waals surface area contributed by atoms with Gasteiger partial charge in [0.2, 0.25) is 5.72 Å². The fourth-order valence-corrected chi connectivity index (χ4v) is 1.09. The predicted molar refractivity (Wildman–Crippen MR) is 51.7 cm³/mol. The van der Waals surface area contributed by atoms with E-state index in [1.165, 1.54) is 0 Å². The second-order valence-electron chi connectivity index (χ2n) is 3.39. The summed E-state index contributed by atoms with van der Waals surface area (Å²) in [6.45, 7) is 1.93. The summed E-state index contributed by atoms with van der Waals surface area (Å²) in [6, 6.07) is 7.17. The van der Waals surface area contributed by atoms with Crippen molar-refractivity contribution in [1.82, 2.24) is 0 Å². The van der Waals surface area contributed by atoms with E-state index in [1.54, 1.807) is 12.1 Å². The Morgan fingerprint density at radius 3 is 2.36 bits per heavy atom. The Morgan fingerprint density at radius 2 is 1.93 bits per heavy atom. The fraction of sp³-hybridized carbons (Fsp3) is 0.300. The second-order valence-corrected chi connectivity index (χ2v) is 3.39. The summed E-state index contributed by atoms with van der Waals surface area (Å²) in [4.78, 5) is 10.5. The lowest BCUT2D eigenvalue weighted by molar-refractivity contribution is -0.157. The lowest BCUT2D eigenvalue weighted by Crippen LogP contribution is -2.49. The number of hydrogen-bond donors (Lipinski definition) is 3. The maximum atomic E-state index is 10.5. The number of hydrogen-bond acceptors (Lipinski definition) is 3. The van der Waals surface area contributed by atoms with Gasteiger partial charge in [0.15, 0.2) is 0 Å². The van der Waals surface area contributed by atoms with Gasteiger partial charge in [0, 0.05) is 6.42 Å². The number of carboxylic acids is 1. The van der Waals surface area contributed by atoms with Gasteiger partial charge < -0.3 is 10.2 Å². The van der Waals surface area contributed by atoms with E-state index >= 15 is 0 Å². The average Bonchev–Trinajstić information content (AvgIpc) is 2.08. The highest BCUT2D eigenvalue weighted by atomic mass is 16.4. The molecule has 0 saturated heterocycles. The molecule has 0 saturated carbocycles. The number of carbonyl (C=O) groups is 1. The highest BCUT2D eigenvalue weighted by Gasteiger charge is 2.30. The first kappa shape index (κ1) is 10.7. The number of aliphatic hydroxyl groups is 1. The van der Waals surface area contributed by atoms with Gasteiger partial charge in [0.1, 0.15) is 0 Å². The van der Waals surface area contributed by atoms with Gasteiger partial charge in [-0.05, 0) is 12.5 Å². The number of benzene rings is 1. The van der Waals surface area contributed by atoms with E-state index in [4.69, 9.17) is 10.8 Å². The first-order chi connectivity index (χ1) is 6.42. The van der Waals surface area contributed by atoms with Crippen LogP contribution in [0, 0.1) is 6.92 Å². The van der Waals surface area contributed by atoms with E-state index < -0.39 is 11.7 Å². The molecule has 1 atom stereocenters. The number of aliphatic carboxylic acids is 1. The van der Waals surface area contributed by atoms with Crippen LogP contribution in [0.5, 0.6) is 0 Å². The molecule has 0 spiro atoms. The van der Waals surface area contributed by atoms with Crippen molar-refractivity contribution >= 4 is 5.97 Å². The van der Waals surface area contributed by atoms with Crippen molar-refractivity contribution in [2.45, 2.75) is 19.1 Å². The minimum atomic E-state index is -2.19. The standard InChI is InChI=1S/C10H13NO3/c1-7-2-4-8(5-3-7)6-10(11,14)9(12)13/h2-5,14H,6,11H2,1H3,(H,12,13). The first-order valence-corrected chi connectivity index (χ1v) is 4.22. The van der Waals surface area contributed by atoms with Crippen molar-refractivity contribution in [3.05, 3.63) is 35.4 Å². The van der Waals surface area contributed by atoms with Gasteiger partial charge in [-0.3, -0.25) is 5.73 Å². The highest BCUT2D eigenvalue weighted by Crippen LogP contribution is 2.10. The normalized spacial score (nSPS) is 14.8. The molecule has 1 aromatic rings. The SMILES string of the molecule is Cc1ccc(CC(N)(O)C(=O)O)cc1. The molecule has 0 amide bonds. The lowest BCUT2D eigenvalue weighted by atomic mass is 10.0. The summed E-state index contributed by atoms with van der Waals surface area (Å²) in [5.74, 6) is -1.42. The van der Waals surface area contributed by atoms with Crippen LogP contribution in [0.15, 0.2) is 24.3 Å². The third-order valence-corrected chi connectivity index (χ3v) is 1.96. The van der Waals surface area contributed by atoms with Gasteiger partial charge in [-0.25, -0.2) is 4.79 Å². The van der Waals surface area contributed by atoms with Gasteiger partial charge in [-0.1, -0.05) is 29.8 Å². The third kappa shape index (κ3) is 2.55. The maximum absolute atomic E-state index is 10.5. The molecular formula is C10H13NO3. The molecule has 1 unspecified atom stereocenters. The van der Waals surface area contributed by atoms with Crippen LogP contribution in [0.2, 0.25) is 0 Å². The molecule has 14 heavy (non-hydrogen) atoms. The van der Waals surface area contributed by atoms with Crippen molar-refractivity contribution in [2.24, 2.45) is 5.73 Å². The Labute approximate surface area is 82.0 Å². The van der Waals surface area contributed by atoms with Gasteiger partial charge in [-0.2, -0.15) is 0 Å². The van der Waals surface area contributed by atoms with Crippen molar-refractivity contribution in [3.63, 3.8) is 0 Å². The topological polar surface area (TPSA) is 83.5 Å². The van der Waals surface area contributed by atoms with Crippen LogP contribution in [0.3, 0.4) is 0 Å². The summed E-state index contributed by atoms with van der Waals surface area (Å²) in [5.41, 5.74) is 4.77. The molecule has 0 aromatic heterocycles. The van der Waals surface area contributed by atoms with Crippen LogP contribution in [-0.2, 0) is 11.2 Å². The summed E-state index contributed by atoms with van der Waals surface area (Å²) >= 11 is 0. The van der Waals surface area contributed by atoms with E-state index in [1.807, 2.05) is 19.1 Å². The van der Waals surface area contributed by atoms with Gasteiger partial charge in [0.05, 0.1) is 0 Å². The average molecular weight is 195 g/mol. The monoisotopic (exact) mass is 195 g/mol. The van der Waals surface area contributed by atoms with E-state index in [0.717, 1.165) is 5.56 Å². The van der Waals surface area contributed by atoms with E-state index in [-0.39, 0.29) is 6.42 Å². The molecule has 0 aliphatic carbocycles. The summed E-state index contributed by atoms with van der Waals surface area (Å²) < 4.78 is 0. The molecule has 0 heterocycles. The van der Waals surface area contributed by atoms with Crippen LogP contribution in [0.1, 0.15) is 11.1 Å². The van der Waals surface area contributed by atoms with Crippen molar-refractivity contribution in [2.75, 3.05) is 0 Å². The molecule has 4 heteroatoms. The molecule has 1 aromatic carbocycles. The fourth-order valence-electron chi connectivity index (χ4n) is 1.09. The molecule has 1 rings (SSSR count). The zero-order chi connectivity index (χ0) is 10.8. The first-order valence-electron chi connectivity index (χ1n) is 4.22. The quantitative estimate of drug-likeness (QED) is 0.604. The van der Waals surface area contributed by atoms with Crippen molar-refractivity contribution in [1.29, 1.82) is 0 Å². The molecular weight excluding hydrogens is 182 g/mol. The number of nitrogens with two attached hydrogens (primary N) is 1. The summed E-state index contributed by atoms with van der Waals surface area (Å²) in [5, 5.41) is 17.9. The third-order valence-electron chi connectivity index (χ3n) is 1.96. The van der Waals surface area contributed by atoms with Gasteiger partial charge in [-0.15, -0.1) is 0 Å². The van der Waals surface area contributed by atoms with Gasteiger partial charge in [0.25, 0.3) is 0 Å². The summed E-state index contributed by atoms with van der Waals surface area (Å²) in [6.07, 6.45) is -0.0946. The Kier molecular flexibility index (Phi) is 2.88. The zero-order valence-electron chi connectivity index (χ0n) is 7.90. The maximum Gasteiger partial charge on any atom is 0.351 e. The number of rotatable bonds is 3. The minimum Gasteiger partial charge on any atom is -0.478 e. The number of aryl methyl sites for hydroxylation is 1. The van der Waals surface area contributed by atoms with Crippen LogP contribution < -0.4 is 5.73 Å². The Morgan fingerprint density at radius 1 is 1.43 bits per heavy atom. The van der Waals surface area contributed by atoms with Crippen LogP contribution in [0.4, 0.5) is 0 Å². The summed E-state index contributed by atoms with van der Waals surface area (Å²) in [7, 11) is 0. The predicted octanol–water partition coefficient (Wildman–Crippen LogP) is 0.269. The second kappa shape index (κ2) is 3.77. The zero-order valence-corrected chi connectivity index (χ0v) is 7.90. The van der Waals surface area contributed by atoms with E-state index in [2.05, 4.69) is 0 Å². The minimum absolute atomic E-state index is 0.0946. The molecule has 4 N–H and O–H groups in total. The highest BCUT2D eigenvalue weighted by molar-refractivity contribution is 5.76. The lowest BCUT2D eigenvalue weighted by Gasteiger charge is -2.17. The molecule has 76 valence electrons. The Balaban J connectivity index is 2.79. The molecule has 0 aliphatic rings. The largest absolute Gasteiger partial charge is 0.478 e. The van der Waals surface area contributed by atoms with Crippen molar-refractivity contribution < 1.29 is 15.0 Å². The van der Waals surface area contributed by atoms with Crippen LogP contribution in [-0.4, -0.2) is 21.9 Å². The molecule has 0 radical (unpaired) electrons. The van der Waals surface area contributed by atoms with Crippen LogP contribution >= 0.6 is 0 Å². The van der Waals surface area contributed by atoms with E-state index in [0.29, 0.717) is 5.56 Å². The van der Waals surface area contributed by atoms with Crippen LogP contribution in [0.25, 0.3) is 0 Å². The smallest absolute Gasteiger partial charge is 0.351 e. The molecule has 4 nitrogen and oxygen atoms in total.